The number of carbonyl (C=O) groups excluding carboxylic acids is 1. The lowest BCUT2D eigenvalue weighted by Crippen LogP contribution is -2.48. The van der Waals surface area contributed by atoms with Crippen LogP contribution in [-0.2, 0) is 9.53 Å². The summed E-state index contributed by atoms with van der Waals surface area (Å²) in [5, 5.41) is 3.35. The second-order valence-corrected chi connectivity index (χ2v) is 6.10. The molecule has 1 unspecified atom stereocenters. The zero-order chi connectivity index (χ0) is 15.1. The summed E-state index contributed by atoms with van der Waals surface area (Å²) in [4.78, 5) is 16.8. The summed E-state index contributed by atoms with van der Waals surface area (Å²) in [5.74, 6) is 0.282. The van der Waals surface area contributed by atoms with Crippen molar-refractivity contribution < 1.29 is 9.53 Å². The van der Waals surface area contributed by atoms with E-state index in [9.17, 15) is 4.79 Å². The molecule has 2 atom stereocenters. The topological polar surface area (TPSA) is 44.8 Å². The lowest BCUT2D eigenvalue weighted by Gasteiger charge is -2.27. The summed E-state index contributed by atoms with van der Waals surface area (Å²) in [7, 11) is 0. The van der Waals surface area contributed by atoms with Gasteiger partial charge >= 0.3 is 0 Å². The zero-order valence-corrected chi connectivity index (χ0v) is 16.1. The van der Waals surface area contributed by atoms with Crippen LogP contribution in [0.25, 0.3) is 0 Å². The van der Waals surface area contributed by atoms with E-state index in [4.69, 9.17) is 4.74 Å². The monoisotopic (exact) mass is 369 g/mol. The van der Waals surface area contributed by atoms with Crippen LogP contribution >= 0.6 is 24.8 Å². The van der Waals surface area contributed by atoms with Gasteiger partial charge in [0.25, 0.3) is 0 Å². The van der Waals surface area contributed by atoms with Crippen molar-refractivity contribution in [3.63, 3.8) is 0 Å². The summed E-state index contributed by atoms with van der Waals surface area (Å²) in [6.07, 6.45) is 4.56. The highest BCUT2D eigenvalue weighted by Crippen LogP contribution is 2.17. The number of hydrogen-bond donors (Lipinski definition) is 1. The van der Waals surface area contributed by atoms with Crippen LogP contribution in [0.5, 0.6) is 0 Å². The van der Waals surface area contributed by atoms with Crippen molar-refractivity contribution in [3.8, 4) is 0 Å². The van der Waals surface area contributed by atoms with E-state index in [-0.39, 0.29) is 42.9 Å². The van der Waals surface area contributed by atoms with E-state index in [1.165, 1.54) is 12.8 Å². The first-order valence-electron chi connectivity index (χ1n) is 8.60. The van der Waals surface area contributed by atoms with Crippen molar-refractivity contribution in [3.05, 3.63) is 0 Å². The second-order valence-electron chi connectivity index (χ2n) is 6.10. The van der Waals surface area contributed by atoms with Crippen LogP contribution in [0.15, 0.2) is 0 Å². The Hall–Kier alpha value is -0.0700. The molecule has 138 valence electrons. The largest absolute Gasteiger partial charge is 0.375 e. The molecule has 0 radical (unpaired) electrons. The summed E-state index contributed by atoms with van der Waals surface area (Å²) >= 11 is 0. The molecule has 5 nitrogen and oxygen atoms in total. The molecule has 0 spiro atoms. The number of piperidine rings is 1. The quantitative estimate of drug-likeness (QED) is 0.744. The molecule has 2 rings (SSSR count). The first-order valence-corrected chi connectivity index (χ1v) is 8.60. The molecular formula is C16H33Cl2N3O2. The highest BCUT2D eigenvalue weighted by molar-refractivity contribution is 5.85. The first kappa shape index (κ1) is 22.9. The normalized spacial score (nSPS) is 24.2. The van der Waals surface area contributed by atoms with Crippen LogP contribution in [-0.4, -0.2) is 73.7 Å². The summed E-state index contributed by atoms with van der Waals surface area (Å²) < 4.78 is 5.95. The molecule has 0 aromatic rings. The molecule has 2 aliphatic heterocycles. The molecule has 1 N–H and O–H groups in total. The van der Waals surface area contributed by atoms with Crippen molar-refractivity contribution in [2.24, 2.45) is 0 Å². The maximum atomic E-state index is 12.4. The van der Waals surface area contributed by atoms with E-state index in [2.05, 4.69) is 24.1 Å². The second kappa shape index (κ2) is 12.3. The fraction of sp³-hybridized carbons (Fsp3) is 0.938. The number of carbonyl (C=O) groups is 1. The van der Waals surface area contributed by atoms with Gasteiger partial charge in [0.15, 0.2) is 0 Å². The van der Waals surface area contributed by atoms with Crippen LogP contribution in [0.3, 0.4) is 0 Å². The molecule has 0 aliphatic carbocycles. The van der Waals surface area contributed by atoms with E-state index >= 15 is 0 Å². The number of ether oxygens (including phenoxy) is 1. The third kappa shape index (κ3) is 7.14. The van der Waals surface area contributed by atoms with Crippen LogP contribution in [0, 0.1) is 0 Å². The van der Waals surface area contributed by atoms with Crippen LogP contribution in [0.2, 0.25) is 0 Å². The number of halogens is 2. The molecule has 2 saturated heterocycles. The molecule has 2 heterocycles. The van der Waals surface area contributed by atoms with Crippen molar-refractivity contribution in [2.45, 2.75) is 51.7 Å². The summed E-state index contributed by atoms with van der Waals surface area (Å²) in [5.41, 5.74) is 0. The van der Waals surface area contributed by atoms with Gasteiger partial charge in [-0.15, -0.1) is 24.8 Å². The lowest BCUT2D eigenvalue weighted by atomic mass is 10.0. The fourth-order valence-electron chi connectivity index (χ4n) is 3.24. The Balaban J connectivity index is 0.00000242. The smallest absolute Gasteiger partial charge is 0.239 e. The third-order valence-corrected chi connectivity index (χ3v) is 4.72. The molecule has 23 heavy (non-hydrogen) atoms. The van der Waals surface area contributed by atoms with Gasteiger partial charge in [0.2, 0.25) is 5.91 Å². The number of likely N-dealkylation sites (N-methyl/N-ethyl adjacent to an activating group) is 1. The minimum atomic E-state index is 0. The average molecular weight is 370 g/mol. The Morgan fingerprint density at radius 3 is 2.57 bits per heavy atom. The van der Waals surface area contributed by atoms with E-state index < -0.39 is 0 Å². The van der Waals surface area contributed by atoms with Crippen molar-refractivity contribution in [1.29, 1.82) is 0 Å². The third-order valence-electron chi connectivity index (χ3n) is 4.72. The van der Waals surface area contributed by atoms with Gasteiger partial charge in [-0.2, -0.15) is 0 Å². The van der Waals surface area contributed by atoms with Crippen LogP contribution < -0.4 is 5.32 Å². The highest BCUT2D eigenvalue weighted by Gasteiger charge is 2.31. The number of amides is 1. The summed E-state index contributed by atoms with van der Waals surface area (Å²) in [6, 6.07) is 0.0492. The number of nitrogens with one attached hydrogen (secondary N) is 1. The summed E-state index contributed by atoms with van der Waals surface area (Å²) in [6.45, 7) is 10.9. The molecule has 0 aromatic carbocycles. The SMILES string of the molecule is CCN(CC)CCOC1CCN(C(=O)[C@H]2CCCCN2)C1.Cl.Cl. The average Bonchev–Trinajstić information content (AvgIpc) is 3.00. The molecule has 1 amide bonds. The van der Waals surface area contributed by atoms with Gasteiger partial charge in [-0.3, -0.25) is 4.79 Å². The molecule has 2 fully saturated rings. The maximum Gasteiger partial charge on any atom is 0.239 e. The van der Waals surface area contributed by atoms with Gasteiger partial charge in [-0.25, -0.2) is 0 Å². The Bertz CT molecular complexity index is 324. The molecule has 0 bridgehead atoms. The molecule has 2 aliphatic rings. The van der Waals surface area contributed by atoms with Crippen LogP contribution in [0.1, 0.15) is 39.5 Å². The first-order chi connectivity index (χ1) is 10.2. The zero-order valence-electron chi connectivity index (χ0n) is 14.5. The lowest BCUT2D eigenvalue weighted by molar-refractivity contribution is -0.133. The predicted octanol–water partition coefficient (Wildman–Crippen LogP) is 1.93. The molecule has 0 aromatic heterocycles. The number of hydrogen-bond acceptors (Lipinski definition) is 4. The van der Waals surface area contributed by atoms with Crippen molar-refractivity contribution in [1.82, 2.24) is 15.1 Å². The number of nitrogens with zero attached hydrogens (tertiary/aromatic N) is 2. The molecule has 0 saturated carbocycles. The van der Waals surface area contributed by atoms with E-state index in [1.54, 1.807) is 0 Å². The minimum Gasteiger partial charge on any atom is -0.375 e. The Morgan fingerprint density at radius 1 is 1.22 bits per heavy atom. The Kier molecular flexibility index (Phi) is 12.3. The van der Waals surface area contributed by atoms with E-state index in [0.29, 0.717) is 0 Å². The molecule has 7 heteroatoms. The fourth-order valence-corrected chi connectivity index (χ4v) is 3.24. The highest BCUT2D eigenvalue weighted by atomic mass is 35.5. The Labute approximate surface area is 153 Å². The van der Waals surface area contributed by atoms with Gasteiger partial charge in [-0.1, -0.05) is 20.3 Å². The predicted molar refractivity (Wildman–Crippen MR) is 98.9 cm³/mol. The van der Waals surface area contributed by atoms with Gasteiger partial charge in [0.1, 0.15) is 0 Å². The Morgan fingerprint density at radius 2 is 1.96 bits per heavy atom. The standard InChI is InChI=1S/C16H31N3O2.2ClH/c1-3-18(4-2)11-12-21-14-8-10-19(13-14)16(20)15-7-5-6-9-17-15;;/h14-15,17H,3-13H2,1-2H3;2*1H/t14?,15-;;/m1../s1. The van der Waals surface area contributed by atoms with Gasteiger partial charge < -0.3 is 19.9 Å². The van der Waals surface area contributed by atoms with Gasteiger partial charge in [0.05, 0.1) is 18.8 Å². The molecular weight excluding hydrogens is 337 g/mol. The van der Waals surface area contributed by atoms with Gasteiger partial charge in [0, 0.05) is 19.6 Å². The van der Waals surface area contributed by atoms with Gasteiger partial charge in [-0.05, 0) is 38.9 Å². The minimum absolute atomic E-state index is 0. The maximum absolute atomic E-state index is 12.4. The number of rotatable bonds is 7. The van der Waals surface area contributed by atoms with Crippen molar-refractivity contribution >= 4 is 30.7 Å². The van der Waals surface area contributed by atoms with E-state index in [0.717, 1.165) is 58.7 Å². The van der Waals surface area contributed by atoms with Crippen LogP contribution in [0.4, 0.5) is 0 Å². The van der Waals surface area contributed by atoms with Crippen molar-refractivity contribution in [2.75, 3.05) is 45.9 Å². The number of likely N-dealkylation sites (tertiary alicyclic amines) is 1. The van der Waals surface area contributed by atoms with E-state index in [1.807, 2.05) is 4.90 Å².